The molecule has 0 saturated carbocycles. The third kappa shape index (κ3) is 4.05. The van der Waals surface area contributed by atoms with Gasteiger partial charge in [0.25, 0.3) is 0 Å². The van der Waals surface area contributed by atoms with Crippen LogP contribution in [0.5, 0.6) is 0 Å². The van der Waals surface area contributed by atoms with Gasteiger partial charge in [-0.15, -0.1) is 0 Å². The van der Waals surface area contributed by atoms with Gasteiger partial charge in [-0.25, -0.2) is 8.42 Å². The molecule has 1 atom stereocenters. The molecule has 0 unspecified atom stereocenters. The zero-order chi connectivity index (χ0) is 17.2. The highest BCUT2D eigenvalue weighted by Gasteiger charge is 2.19. The van der Waals surface area contributed by atoms with Crippen LogP contribution in [0, 0.1) is 0 Å². The molecular formula is C20H25NO2S. The van der Waals surface area contributed by atoms with E-state index in [1.165, 1.54) is 31.2 Å². The Bertz CT molecular complexity index is 797. The number of rotatable bonds is 5. The first kappa shape index (κ1) is 17.2. The van der Waals surface area contributed by atoms with Gasteiger partial charge in [-0.05, 0) is 61.6 Å². The summed E-state index contributed by atoms with van der Waals surface area (Å²) in [5.74, 6) is 0. The van der Waals surface area contributed by atoms with E-state index >= 15 is 0 Å². The highest BCUT2D eigenvalue weighted by atomic mass is 32.2. The van der Waals surface area contributed by atoms with Gasteiger partial charge in [0.05, 0.1) is 4.90 Å². The van der Waals surface area contributed by atoms with Crippen molar-refractivity contribution in [1.82, 2.24) is 4.90 Å². The van der Waals surface area contributed by atoms with E-state index in [0.29, 0.717) is 10.9 Å². The molecular weight excluding hydrogens is 318 g/mol. The Morgan fingerprint density at radius 3 is 2.46 bits per heavy atom. The van der Waals surface area contributed by atoms with Crippen molar-refractivity contribution in [3.8, 4) is 11.1 Å². The smallest absolute Gasteiger partial charge is 0.175 e. The summed E-state index contributed by atoms with van der Waals surface area (Å²) in [6.45, 7) is 4.65. The molecule has 3 nitrogen and oxygen atoms in total. The summed E-state index contributed by atoms with van der Waals surface area (Å²) < 4.78 is 23.4. The van der Waals surface area contributed by atoms with Crippen molar-refractivity contribution < 1.29 is 8.42 Å². The number of likely N-dealkylation sites (tertiary alicyclic amines) is 1. The zero-order valence-corrected chi connectivity index (χ0v) is 15.2. The van der Waals surface area contributed by atoms with E-state index in [-0.39, 0.29) is 0 Å². The van der Waals surface area contributed by atoms with E-state index in [4.69, 9.17) is 0 Å². The molecule has 3 rings (SSSR count). The van der Waals surface area contributed by atoms with Crippen LogP contribution in [0.4, 0.5) is 0 Å². The predicted molar refractivity (Wildman–Crippen MR) is 99.0 cm³/mol. The largest absolute Gasteiger partial charge is 0.300 e. The van der Waals surface area contributed by atoms with Crippen molar-refractivity contribution in [2.24, 2.45) is 0 Å². The second-order valence-electron chi connectivity index (χ2n) is 6.77. The number of hydrogen-bond donors (Lipinski definition) is 0. The SMILES string of the molecule is C[C@@H]1CCCN1CCc1ccc(-c2cccc(S(C)(=O)=O)c2)cc1. The Kier molecular flexibility index (Phi) is 5.07. The highest BCUT2D eigenvalue weighted by molar-refractivity contribution is 7.90. The quantitative estimate of drug-likeness (QED) is 0.829. The molecule has 0 radical (unpaired) electrons. The summed E-state index contributed by atoms with van der Waals surface area (Å²) in [6.07, 6.45) is 4.94. The van der Waals surface area contributed by atoms with Crippen LogP contribution < -0.4 is 0 Å². The van der Waals surface area contributed by atoms with Crippen molar-refractivity contribution in [2.45, 2.75) is 37.1 Å². The maximum atomic E-state index is 11.7. The molecule has 0 spiro atoms. The van der Waals surface area contributed by atoms with Crippen molar-refractivity contribution >= 4 is 9.84 Å². The third-order valence-electron chi connectivity index (χ3n) is 4.93. The van der Waals surface area contributed by atoms with Crippen molar-refractivity contribution in [2.75, 3.05) is 19.3 Å². The number of hydrogen-bond acceptors (Lipinski definition) is 3. The van der Waals surface area contributed by atoms with Crippen molar-refractivity contribution in [1.29, 1.82) is 0 Å². The molecule has 0 N–H and O–H groups in total. The maximum Gasteiger partial charge on any atom is 0.175 e. The topological polar surface area (TPSA) is 37.4 Å². The van der Waals surface area contributed by atoms with E-state index < -0.39 is 9.84 Å². The molecule has 4 heteroatoms. The number of nitrogens with zero attached hydrogens (tertiary/aromatic N) is 1. The molecule has 1 saturated heterocycles. The minimum Gasteiger partial charge on any atom is -0.300 e. The van der Waals surface area contributed by atoms with E-state index in [1.54, 1.807) is 18.2 Å². The highest BCUT2D eigenvalue weighted by Crippen LogP contribution is 2.23. The van der Waals surface area contributed by atoms with E-state index in [2.05, 4.69) is 36.1 Å². The summed E-state index contributed by atoms with van der Waals surface area (Å²) in [4.78, 5) is 2.93. The lowest BCUT2D eigenvalue weighted by Gasteiger charge is -2.20. The molecule has 1 aliphatic rings. The van der Waals surface area contributed by atoms with E-state index in [9.17, 15) is 8.42 Å². The van der Waals surface area contributed by atoms with Crippen molar-refractivity contribution in [3.63, 3.8) is 0 Å². The van der Waals surface area contributed by atoms with Crippen LogP contribution in [0.25, 0.3) is 11.1 Å². The third-order valence-corrected chi connectivity index (χ3v) is 6.04. The van der Waals surface area contributed by atoms with Gasteiger partial charge >= 0.3 is 0 Å². The van der Waals surface area contributed by atoms with Gasteiger partial charge in [-0.3, -0.25) is 0 Å². The molecule has 0 aliphatic carbocycles. The van der Waals surface area contributed by atoms with Gasteiger partial charge in [-0.1, -0.05) is 36.4 Å². The molecule has 2 aromatic carbocycles. The molecule has 1 heterocycles. The van der Waals surface area contributed by atoms with Crippen LogP contribution >= 0.6 is 0 Å². The van der Waals surface area contributed by atoms with Crippen LogP contribution in [-0.2, 0) is 16.3 Å². The summed E-state index contributed by atoms with van der Waals surface area (Å²) in [5.41, 5.74) is 3.33. The minimum atomic E-state index is -3.17. The lowest BCUT2D eigenvalue weighted by atomic mass is 10.0. The molecule has 0 bridgehead atoms. The molecule has 2 aromatic rings. The van der Waals surface area contributed by atoms with Crippen LogP contribution in [0.1, 0.15) is 25.3 Å². The fourth-order valence-electron chi connectivity index (χ4n) is 3.37. The number of sulfone groups is 1. The minimum absolute atomic E-state index is 0.368. The lowest BCUT2D eigenvalue weighted by Crippen LogP contribution is -2.28. The molecule has 128 valence electrons. The fourth-order valence-corrected chi connectivity index (χ4v) is 4.03. The normalized spacial score (nSPS) is 18.8. The second-order valence-corrected chi connectivity index (χ2v) is 8.79. The van der Waals surface area contributed by atoms with Crippen LogP contribution in [0.2, 0.25) is 0 Å². The van der Waals surface area contributed by atoms with Gasteiger partial charge in [0, 0.05) is 18.8 Å². The van der Waals surface area contributed by atoms with Crippen LogP contribution in [0.15, 0.2) is 53.4 Å². The van der Waals surface area contributed by atoms with Gasteiger partial charge in [0.15, 0.2) is 9.84 Å². The first-order valence-corrected chi connectivity index (χ1v) is 10.5. The molecule has 1 aliphatic heterocycles. The molecule has 1 fully saturated rings. The lowest BCUT2D eigenvalue weighted by molar-refractivity contribution is 0.272. The summed E-state index contributed by atoms with van der Waals surface area (Å²) >= 11 is 0. The standard InChI is InChI=1S/C20H25NO2S/c1-16-5-4-13-21(16)14-12-17-8-10-18(11-9-17)19-6-3-7-20(15-19)24(2,22)23/h3,6-11,15-16H,4-5,12-14H2,1-2H3/t16-/m1/s1. The fraction of sp³-hybridized carbons (Fsp3) is 0.400. The average molecular weight is 343 g/mol. The Hall–Kier alpha value is -1.65. The Morgan fingerprint density at radius 2 is 1.83 bits per heavy atom. The van der Waals surface area contributed by atoms with Gasteiger partial charge in [-0.2, -0.15) is 0 Å². The first-order chi connectivity index (χ1) is 11.4. The first-order valence-electron chi connectivity index (χ1n) is 8.57. The Morgan fingerprint density at radius 1 is 1.08 bits per heavy atom. The summed E-state index contributed by atoms with van der Waals surface area (Å²) in [5, 5.41) is 0. The van der Waals surface area contributed by atoms with Gasteiger partial charge in [0.2, 0.25) is 0 Å². The van der Waals surface area contributed by atoms with Crippen LogP contribution in [0.3, 0.4) is 0 Å². The van der Waals surface area contributed by atoms with Gasteiger partial charge in [0.1, 0.15) is 0 Å². The molecule has 0 amide bonds. The summed E-state index contributed by atoms with van der Waals surface area (Å²) in [7, 11) is -3.17. The summed E-state index contributed by atoms with van der Waals surface area (Å²) in [6, 6.07) is 16.3. The molecule has 24 heavy (non-hydrogen) atoms. The van der Waals surface area contributed by atoms with Crippen LogP contribution in [-0.4, -0.2) is 38.7 Å². The predicted octanol–water partition coefficient (Wildman–Crippen LogP) is 3.78. The van der Waals surface area contributed by atoms with Gasteiger partial charge < -0.3 is 4.90 Å². The number of benzene rings is 2. The van der Waals surface area contributed by atoms with E-state index in [1.807, 2.05) is 6.07 Å². The monoisotopic (exact) mass is 343 g/mol. The Labute approximate surface area is 145 Å². The maximum absolute atomic E-state index is 11.7. The Balaban J connectivity index is 1.70. The molecule has 0 aromatic heterocycles. The van der Waals surface area contributed by atoms with Crippen molar-refractivity contribution in [3.05, 3.63) is 54.1 Å². The van der Waals surface area contributed by atoms with E-state index in [0.717, 1.165) is 24.1 Å². The second kappa shape index (κ2) is 7.08. The average Bonchev–Trinajstić information content (AvgIpc) is 2.98. The zero-order valence-electron chi connectivity index (χ0n) is 14.4.